The topological polar surface area (TPSA) is 12.5 Å². The van der Waals surface area contributed by atoms with Crippen LogP contribution in [0.15, 0.2) is 12.7 Å². The van der Waals surface area contributed by atoms with Gasteiger partial charge in [0.25, 0.3) is 0 Å². The van der Waals surface area contributed by atoms with E-state index in [1.54, 1.807) is 0 Å². The van der Waals surface area contributed by atoms with E-state index in [1.807, 2.05) is 6.08 Å². The van der Waals surface area contributed by atoms with E-state index in [4.69, 9.17) is 4.74 Å². The van der Waals surface area contributed by atoms with Gasteiger partial charge in [0, 0.05) is 18.6 Å². The van der Waals surface area contributed by atoms with Gasteiger partial charge in [-0.1, -0.05) is 6.08 Å². The van der Waals surface area contributed by atoms with Crippen molar-refractivity contribution in [2.45, 2.75) is 45.3 Å². The Hall–Kier alpha value is -0.340. The lowest BCUT2D eigenvalue weighted by atomic mass is 9.99. The van der Waals surface area contributed by atoms with Gasteiger partial charge in [0.05, 0.1) is 12.7 Å². The molecule has 0 N–H and O–H groups in total. The predicted molar refractivity (Wildman–Crippen MR) is 60.5 cm³/mol. The fourth-order valence-corrected chi connectivity index (χ4v) is 1.90. The van der Waals surface area contributed by atoms with Crippen molar-refractivity contribution in [2.24, 2.45) is 0 Å². The fourth-order valence-electron chi connectivity index (χ4n) is 1.90. The van der Waals surface area contributed by atoms with Crippen LogP contribution < -0.4 is 0 Å². The first-order valence-electron chi connectivity index (χ1n) is 5.51. The number of likely N-dealkylation sites (tertiary alicyclic amines) is 1. The summed E-state index contributed by atoms with van der Waals surface area (Å²) in [6.07, 6.45) is 4.60. The van der Waals surface area contributed by atoms with Crippen molar-refractivity contribution in [2.75, 3.05) is 19.7 Å². The molecule has 1 aliphatic rings. The zero-order chi connectivity index (χ0) is 10.6. The van der Waals surface area contributed by atoms with Crippen molar-refractivity contribution < 1.29 is 4.74 Å². The summed E-state index contributed by atoms with van der Waals surface area (Å²) >= 11 is 0. The average molecular weight is 197 g/mol. The predicted octanol–water partition coefficient (Wildman–Crippen LogP) is 2.45. The van der Waals surface area contributed by atoms with Gasteiger partial charge >= 0.3 is 0 Å². The van der Waals surface area contributed by atoms with Gasteiger partial charge in [0.15, 0.2) is 0 Å². The minimum absolute atomic E-state index is 0.309. The lowest BCUT2D eigenvalue weighted by molar-refractivity contribution is -0.00192. The molecule has 0 atom stereocenters. The molecule has 1 rings (SSSR count). The first-order chi connectivity index (χ1) is 6.54. The molecular formula is C12H23NO. The van der Waals surface area contributed by atoms with E-state index in [9.17, 15) is 0 Å². The number of hydrogen-bond acceptors (Lipinski definition) is 2. The van der Waals surface area contributed by atoms with E-state index in [-0.39, 0.29) is 0 Å². The summed E-state index contributed by atoms with van der Waals surface area (Å²) in [6.45, 7) is 13.5. The fraction of sp³-hybridized carbons (Fsp3) is 0.833. The van der Waals surface area contributed by atoms with Gasteiger partial charge in [-0.3, -0.25) is 4.90 Å². The number of ether oxygens (including phenoxy) is 1. The third kappa shape index (κ3) is 3.43. The quantitative estimate of drug-likeness (QED) is 0.644. The first kappa shape index (κ1) is 11.7. The summed E-state index contributed by atoms with van der Waals surface area (Å²) in [5.74, 6) is 0. The third-order valence-electron chi connectivity index (χ3n) is 2.84. The molecular weight excluding hydrogens is 174 g/mol. The van der Waals surface area contributed by atoms with Crippen molar-refractivity contribution in [3.63, 3.8) is 0 Å². The highest BCUT2D eigenvalue weighted by Gasteiger charge is 2.26. The second-order valence-electron chi connectivity index (χ2n) is 4.98. The Morgan fingerprint density at radius 2 is 1.93 bits per heavy atom. The second kappa shape index (κ2) is 4.94. The van der Waals surface area contributed by atoms with Gasteiger partial charge in [-0.15, -0.1) is 6.58 Å². The van der Waals surface area contributed by atoms with Crippen LogP contribution in [0, 0.1) is 0 Å². The molecule has 0 radical (unpaired) electrons. The lowest BCUT2D eigenvalue weighted by Crippen LogP contribution is -2.47. The van der Waals surface area contributed by atoms with Crippen LogP contribution in [0.2, 0.25) is 0 Å². The van der Waals surface area contributed by atoms with E-state index >= 15 is 0 Å². The van der Waals surface area contributed by atoms with Crippen molar-refractivity contribution in [3.05, 3.63) is 12.7 Å². The van der Waals surface area contributed by atoms with Gasteiger partial charge in [0.1, 0.15) is 0 Å². The van der Waals surface area contributed by atoms with Crippen LogP contribution in [0.25, 0.3) is 0 Å². The summed E-state index contributed by atoms with van der Waals surface area (Å²) in [4.78, 5) is 2.53. The zero-order valence-electron chi connectivity index (χ0n) is 9.75. The Morgan fingerprint density at radius 1 is 1.36 bits per heavy atom. The minimum atomic E-state index is 0.309. The Morgan fingerprint density at radius 3 is 2.36 bits per heavy atom. The highest BCUT2D eigenvalue weighted by molar-refractivity contribution is 4.82. The van der Waals surface area contributed by atoms with Crippen LogP contribution in [0.4, 0.5) is 0 Å². The standard InChI is InChI=1S/C12H23NO/c1-5-10-14-11-6-8-13(9-7-11)12(2,3)4/h5,11H,1,6-10H2,2-4H3. The molecule has 0 unspecified atom stereocenters. The number of nitrogens with zero attached hydrogens (tertiary/aromatic N) is 1. The van der Waals surface area contributed by atoms with Crippen LogP contribution in [-0.2, 0) is 4.74 Å². The summed E-state index contributed by atoms with van der Waals surface area (Å²) < 4.78 is 5.65. The smallest absolute Gasteiger partial charge is 0.0648 e. The molecule has 1 saturated heterocycles. The summed E-state index contributed by atoms with van der Waals surface area (Å²) in [5, 5.41) is 0. The van der Waals surface area contributed by atoms with Crippen molar-refractivity contribution in [3.8, 4) is 0 Å². The molecule has 0 spiro atoms. The van der Waals surface area contributed by atoms with Crippen LogP contribution in [-0.4, -0.2) is 36.2 Å². The van der Waals surface area contributed by atoms with E-state index < -0.39 is 0 Å². The van der Waals surface area contributed by atoms with Crippen LogP contribution in [0.5, 0.6) is 0 Å². The molecule has 0 saturated carbocycles. The normalized spacial score (nSPS) is 21.1. The summed E-state index contributed by atoms with van der Waals surface area (Å²) in [6, 6.07) is 0. The largest absolute Gasteiger partial charge is 0.374 e. The zero-order valence-corrected chi connectivity index (χ0v) is 9.75. The first-order valence-corrected chi connectivity index (χ1v) is 5.51. The van der Waals surface area contributed by atoms with Crippen LogP contribution >= 0.6 is 0 Å². The highest BCUT2D eigenvalue weighted by atomic mass is 16.5. The maximum Gasteiger partial charge on any atom is 0.0648 e. The molecule has 0 amide bonds. The third-order valence-corrected chi connectivity index (χ3v) is 2.84. The lowest BCUT2D eigenvalue weighted by Gasteiger charge is -2.40. The number of piperidine rings is 1. The Kier molecular flexibility index (Phi) is 4.14. The minimum Gasteiger partial charge on any atom is -0.374 e. The monoisotopic (exact) mass is 197 g/mol. The molecule has 1 aliphatic heterocycles. The second-order valence-corrected chi connectivity index (χ2v) is 4.98. The molecule has 0 aliphatic carbocycles. The number of hydrogen-bond donors (Lipinski definition) is 0. The molecule has 0 aromatic rings. The van der Waals surface area contributed by atoms with Gasteiger partial charge in [-0.2, -0.15) is 0 Å². The van der Waals surface area contributed by atoms with Crippen molar-refractivity contribution >= 4 is 0 Å². The van der Waals surface area contributed by atoms with E-state index in [1.165, 1.54) is 0 Å². The van der Waals surface area contributed by atoms with Gasteiger partial charge < -0.3 is 4.74 Å². The molecule has 82 valence electrons. The highest BCUT2D eigenvalue weighted by Crippen LogP contribution is 2.21. The van der Waals surface area contributed by atoms with Crippen LogP contribution in [0.1, 0.15) is 33.6 Å². The Labute approximate surface area is 87.9 Å². The molecule has 0 bridgehead atoms. The van der Waals surface area contributed by atoms with Crippen molar-refractivity contribution in [1.82, 2.24) is 4.90 Å². The maximum absolute atomic E-state index is 5.65. The Bertz CT molecular complexity index is 175. The molecule has 1 fully saturated rings. The van der Waals surface area contributed by atoms with Gasteiger partial charge in [-0.05, 0) is 33.6 Å². The average Bonchev–Trinajstić information content (AvgIpc) is 2.14. The SMILES string of the molecule is C=CCOC1CCN(C(C)(C)C)CC1. The summed E-state index contributed by atoms with van der Waals surface area (Å²) in [5.41, 5.74) is 0.309. The molecule has 0 aromatic heterocycles. The number of rotatable bonds is 3. The van der Waals surface area contributed by atoms with E-state index in [0.29, 0.717) is 18.2 Å². The van der Waals surface area contributed by atoms with E-state index in [0.717, 1.165) is 25.9 Å². The van der Waals surface area contributed by atoms with E-state index in [2.05, 4.69) is 32.3 Å². The summed E-state index contributed by atoms with van der Waals surface area (Å²) in [7, 11) is 0. The van der Waals surface area contributed by atoms with Gasteiger partial charge in [-0.25, -0.2) is 0 Å². The molecule has 1 heterocycles. The molecule has 2 heteroatoms. The molecule has 2 nitrogen and oxygen atoms in total. The molecule has 14 heavy (non-hydrogen) atoms. The maximum atomic E-state index is 5.65. The molecule has 0 aromatic carbocycles. The van der Waals surface area contributed by atoms with Crippen LogP contribution in [0.3, 0.4) is 0 Å². The van der Waals surface area contributed by atoms with Gasteiger partial charge in [0.2, 0.25) is 0 Å². The van der Waals surface area contributed by atoms with Crippen molar-refractivity contribution in [1.29, 1.82) is 0 Å². The Balaban J connectivity index is 2.27.